The number of rotatable bonds is 4. The molecule has 0 unspecified atom stereocenters. The summed E-state index contributed by atoms with van der Waals surface area (Å²) in [6.07, 6.45) is 0. The predicted octanol–water partition coefficient (Wildman–Crippen LogP) is 14.3. The molecule has 1 heterocycles. The van der Waals surface area contributed by atoms with Crippen LogP contribution < -0.4 is 0 Å². The molecule has 0 bridgehead atoms. The number of hydrogen-bond acceptors (Lipinski definition) is 2. The van der Waals surface area contributed by atoms with Crippen molar-refractivity contribution >= 4 is 65.9 Å². The predicted molar refractivity (Wildman–Crippen MR) is 237 cm³/mol. The molecule has 1 aliphatic rings. The first-order valence-corrected chi connectivity index (χ1v) is 19.2. The minimum Gasteiger partial charge on any atom is -0.247 e. The number of benzene rings is 10. The maximum atomic E-state index is 5.78. The maximum Gasteiger partial charge on any atom is 0.0809 e. The second kappa shape index (κ2) is 13.2. The van der Waals surface area contributed by atoms with Gasteiger partial charge in [0.1, 0.15) is 0 Å². The van der Waals surface area contributed by atoms with E-state index in [9.17, 15) is 0 Å². The van der Waals surface area contributed by atoms with E-state index in [0.717, 1.165) is 77.4 Å². The molecule has 260 valence electrons. The highest BCUT2D eigenvalue weighted by Gasteiger charge is 2.24. The molecule has 2 nitrogen and oxygen atoms in total. The Hall–Kier alpha value is -7.42. The van der Waals surface area contributed by atoms with Crippen LogP contribution >= 0.6 is 0 Å². The SMILES string of the molecule is c1ccc(-c2cccc3c(C4=Nc5cc6ccccc6cc5C(c5cccc6c(-c7ccccc7)cccc56)=Nc5cc6ccccc6cc54)cccc23)cc1. The molecule has 0 fully saturated rings. The van der Waals surface area contributed by atoms with Crippen molar-refractivity contribution in [2.45, 2.75) is 0 Å². The van der Waals surface area contributed by atoms with E-state index in [1.54, 1.807) is 0 Å². The van der Waals surface area contributed by atoms with Crippen LogP contribution in [0.2, 0.25) is 0 Å². The van der Waals surface area contributed by atoms with E-state index >= 15 is 0 Å². The molecule has 10 aromatic rings. The monoisotopic (exact) mass is 710 g/mol. The van der Waals surface area contributed by atoms with Crippen molar-refractivity contribution in [3.8, 4) is 22.3 Å². The molecule has 11 rings (SSSR count). The van der Waals surface area contributed by atoms with Crippen LogP contribution in [0.25, 0.3) is 65.3 Å². The molecule has 0 radical (unpaired) electrons. The minimum absolute atomic E-state index is 0.892. The van der Waals surface area contributed by atoms with Crippen molar-refractivity contribution in [1.29, 1.82) is 0 Å². The summed E-state index contributed by atoms with van der Waals surface area (Å²) in [5.74, 6) is 0. The quantitative estimate of drug-likeness (QED) is 0.174. The van der Waals surface area contributed by atoms with Gasteiger partial charge in [-0.3, -0.25) is 0 Å². The summed E-state index contributed by atoms with van der Waals surface area (Å²) >= 11 is 0. The van der Waals surface area contributed by atoms with E-state index in [1.165, 1.54) is 33.0 Å². The standard InChI is InChI=1S/C54H34N2/c1-3-15-35(16-4-1)41-23-11-27-45-43(41)25-13-29-47(45)53-49-31-37-19-7-9-21-39(37)33-51(49)56-54(50-32-38-20-8-10-22-40(38)34-52(50)55-53)48-30-14-26-44-42(24-12-28-46(44)48)36-17-5-2-6-18-36/h1-34H. The fraction of sp³-hybridized carbons (Fsp3) is 0. The van der Waals surface area contributed by atoms with Crippen LogP contribution in [0.15, 0.2) is 216 Å². The molecule has 56 heavy (non-hydrogen) atoms. The van der Waals surface area contributed by atoms with Crippen LogP contribution in [0.5, 0.6) is 0 Å². The lowest BCUT2D eigenvalue weighted by Crippen LogP contribution is -2.11. The molecule has 0 aliphatic carbocycles. The summed E-state index contributed by atoms with van der Waals surface area (Å²) in [5.41, 5.74) is 12.5. The zero-order valence-corrected chi connectivity index (χ0v) is 30.5. The summed E-state index contributed by atoms with van der Waals surface area (Å²) in [6, 6.07) is 74.0. The van der Waals surface area contributed by atoms with Crippen LogP contribution in [-0.4, -0.2) is 11.4 Å². The summed E-state index contributed by atoms with van der Waals surface area (Å²) < 4.78 is 0. The van der Waals surface area contributed by atoms with Crippen LogP contribution in [0.1, 0.15) is 22.3 Å². The van der Waals surface area contributed by atoms with Gasteiger partial charge in [0.05, 0.1) is 22.8 Å². The molecular formula is C54H34N2. The van der Waals surface area contributed by atoms with E-state index < -0.39 is 0 Å². The van der Waals surface area contributed by atoms with Gasteiger partial charge in [-0.2, -0.15) is 0 Å². The molecule has 0 saturated heterocycles. The molecule has 0 aromatic heterocycles. The average Bonchev–Trinajstić information content (AvgIpc) is 3.26. The summed E-state index contributed by atoms with van der Waals surface area (Å²) in [7, 11) is 0. The zero-order valence-electron chi connectivity index (χ0n) is 30.5. The van der Waals surface area contributed by atoms with Crippen molar-refractivity contribution in [3.05, 3.63) is 229 Å². The number of hydrogen-bond donors (Lipinski definition) is 0. The molecule has 10 aromatic carbocycles. The Balaban J connectivity index is 1.24. The van der Waals surface area contributed by atoms with E-state index in [-0.39, 0.29) is 0 Å². The molecule has 0 amide bonds. The van der Waals surface area contributed by atoms with E-state index in [0.29, 0.717) is 0 Å². The van der Waals surface area contributed by atoms with Crippen LogP contribution in [0.4, 0.5) is 11.4 Å². The molecule has 0 atom stereocenters. The average molecular weight is 711 g/mol. The number of fused-ring (bicyclic) bond motifs is 6. The first-order valence-electron chi connectivity index (χ1n) is 19.2. The van der Waals surface area contributed by atoms with Crippen molar-refractivity contribution in [2.24, 2.45) is 9.98 Å². The first-order chi connectivity index (χ1) is 27.8. The van der Waals surface area contributed by atoms with Crippen LogP contribution in [0, 0.1) is 0 Å². The highest BCUT2D eigenvalue weighted by molar-refractivity contribution is 6.29. The van der Waals surface area contributed by atoms with Crippen molar-refractivity contribution in [2.75, 3.05) is 0 Å². The summed E-state index contributed by atoms with van der Waals surface area (Å²) in [6.45, 7) is 0. The maximum absolute atomic E-state index is 5.78. The Morgan fingerprint density at radius 2 is 0.554 bits per heavy atom. The van der Waals surface area contributed by atoms with Crippen molar-refractivity contribution < 1.29 is 0 Å². The smallest absolute Gasteiger partial charge is 0.0809 e. The zero-order chi connectivity index (χ0) is 37.0. The Kier molecular flexibility index (Phi) is 7.53. The van der Waals surface area contributed by atoms with Gasteiger partial charge < -0.3 is 0 Å². The van der Waals surface area contributed by atoms with E-state index in [2.05, 4.69) is 206 Å². The third kappa shape index (κ3) is 5.34. The Morgan fingerprint density at radius 3 is 0.946 bits per heavy atom. The third-order valence-electron chi connectivity index (χ3n) is 11.2. The topological polar surface area (TPSA) is 24.7 Å². The molecule has 0 saturated carbocycles. The lowest BCUT2D eigenvalue weighted by molar-refractivity contribution is 1.42. The van der Waals surface area contributed by atoms with Gasteiger partial charge in [0.2, 0.25) is 0 Å². The van der Waals surface area contributed by atoms with Crippen molar-refractivity contribution in [1.82, 2.24) is 0 Å². The second-order valence-corrected chi connectivity index (χ2v) is 14.5. The van der Waals surface area contributed by atoms with Gasteiger partial charge in [-0.15, -0.1) is 0 Å². The molecule has 0 N–H and O–H groups in total. The first kappa shape index (κ1) is 32.0. The normalized spacial score (nSPS) is 12.5. The number of nitrogens with zero attached hydrogens (tertiary/aromatic N) is 2. The highest BCUT2D eigenvalue weighted by atomic mass is 14.8. The van der Waals surface area contributed by atoms with Gasteiger partial charge in [-0.05, 0) is 89.6 Å². The number of aliphatic imine (C=N–C) groups is 2. The fourth-order valence-electron chi connectivity index (χ4n) is 8.56. The molecular weight excluding hydrogens is 677 g/mol. The molecule has 0 spiro atoms. The largest absolute Gasteiger partial charge is 0.247 e. The highest BCUT2D eigenvalue weighted by Crippen LogP contribution is 2.41. The molecule has 2 heteroatoms. The minimum atomic E-state index is 0.892. The van der Waals surface area contributed by atoms with Gasteiger partial charge >= 0.3 is 0 Å². The third-order valence-corrected chi connectivity index (χ3v) is 11.2. The Bertz CT molecular complexity index is 3010. The Labute approximate surface area is 325 Å². The fourth-order valence-corrected chi connectivity index (χ4v) is 8.56. The molecule has 1 aliphatic heterocycles. The summed E-state index contributed by atoms with van der Waals surface area (Å²) in [5, 5.41) is 9.27. The van der Waals surface area contributed by atoms with E-state index in [4.69, 9.17) is 9.98 Å². The van der Waals surface area contributed by atoms with Gasteiger partial charge in [-0.1, -0.05) is 182 Å². The van der Waals surface area contributed by atoms with Gasteiger partial charge in [0.25, 0.3) is 0 Å². The van der Waals surface area contributed by atoms with Gasteiger partial charge in [-0.25, -0.2) is 9.98 Å². The lowest BCUT2D eigenvalue weighted by Gasteiger charge is -2.21. The van der Waals surface area contributed by atoms with Crippen molar-refractivity contribution in [3.63, 3.8) is 0 Å². The van der Waals surface area contributed by atoms with Gasteiger partial charge in [0.15, 0.2) is 0 Å². The van der Waals surface area contributed by atoms with Crippen LogP contribution in [0.3, 0.4) is 0 Å². The summed E-state index contributed by atoms with van der Waals surface area (Å²) in [4.78, 5) is 11.6. The second-order valence-electron chi connectivity index (χ2n) is 14.5. The van der Waals surface area contributed by atoms with Crippen LogP contribution in [-0.2, 0) is 0 Å². The van der Waals surface area contributed by atoms with E-state index in [1.807, 2.05) is 0 Å². The van der Waals surface area contributed by atoms with Gasteiger partial charge in [0, 0.05) is 22.3 Å². The lowest BCUT2D eigenvalue weighted by atomic mass is 9.88. The Morgan fingerprint density at radius 1 is 0.232 bits per heavy atom.